The van der Waals surface area contributed by atoms with Crippen molar-refractivity contribution in [1.29, 1.82) is 0 Å². The summed E-state index contributed by atoms with van der Waals surface area (Å²) >= 11 is 0. The van der Waals surface area contributed by atoms with Crippen molar-refractivity contribution >= 4 is 0 Å². The molecule has 18 heavy (non-hydrogen) atoms. The number of benzene rings is 1. The van der Waals surface area contributed by atoms with Crippen LogP contribution < -0.4 is 4.57 Å². The van der Waals surface area contributed by atoms with Crippen molar-refractivity contribution in [2.24, 2.45) is 7.05 Å². The lowest BCUT2D eigenvalue weighted by Gasteiger charge is -2.10. The molecule has 0 aliphatic carbocycles. The maximum Gasteiger partial charge on any atom is 0.215 e. The Morgan fingerprint density at radius 1 is 0.889 bits per heavy atom. The molecule has 1 heterocycles. The van der Waals surface area contributed by atoms with Crippen LogP contribution in [-0.2, 0) is 7.05 Å². The first kappa shape index (κ1) is 12.6. The van der Waals surface area contributed by atoms with Crippen LogP contribution in [0.1, 0.15) is 22.3 Å². The van der Waals surface area contributed by atoms with E-state index in [0.717, 1.165) is 16.8 Å². The van der Waals surface area contributed by atoms with Crippen LogP contribution in [0.2, 0.25) is 0 Å². The van der Waals surface area contributed by atoms with E-state index >= 15 is 0 Å². The minimum atomic E-state index is 0.357. The quantitative estimate of drug-likeness (QED) is 0.763. The van der Waals surface area contributed by atoms with Crippen LogP contribution >= 0.6 is 0 Å². The van der Waals surface area contributed by atoms with Gasteiger partial charge in [-0.2, -0.15) is 0 Å². The third-order valence-corrected chi connectivity index (χ3v) is 3.37. The van der Waals surface area contributed by atoms with Crippen molar-refractivity contribution in [3.8, 4) is 17.0 Å². The van der Waals surface area contributed by atoms with E-state index in [1.54, 1.807) is 0 Å². The van der Waals surface area contributed by atoms with Crippen LogP contribution in [0.15, 0.2) is 24.4 Å². The van der Waals surface area contributed by atoms with Crippen molar-refractivity contribution < 1.29 is 9.67 Å². The summed E-state index contributed by atoms with van der Waals surface area (Å²) in [5, 5.41) is 9.91. The molecule has 0 radical (unpaired) electrons. The molecule has 1 N–H and O–H groups in total. The fourth-order valence-electron chi connectivity index (χ4n) is 2.59. The highest BCUT2D eigenvalue weighted by Gasteiger charge is 2.17. The molecule has 0 aliphatic rings. The van der Waals surface area contributed by atoms with Gasteiger partial charge in [-0.15, -0.1) is 0 Å². The Labute approximate surface area is 109 Å². The minimum Gasteiger partial charge on any atom is -0.508 e. The van der Waals surface area contributed by atoms with Gasteiger partial charge in [0.15, 0.2) is 6.20 Å². The molecule has 0 atom stereocenters. The van der Waals surface area contributed by atoms with Gasteiger partial charge in [-0.1, -0.05) is 6.07 Å². The Bertz CT molecular complexity index is 592. The number of pyridine rings is 1. The number of phenols is 1. The topological polar surface area (TPSA) is 24.1 Å². The fourth-order valence-corrected chi connectivity index (χ4v) is 2.59. The van der Waals surface area contributed by atoms with Gasteiger partial charge in [0.1, 0.15) is 12.8 Å². The van der Waals surface area contributed by atoms with Crippen LogP contribution in [0.5, 0.6) is 5.75 Å². The molecule has 1 aromatic heterocycles. The van der Waals surface area contributed by atoms with Gasteiger partial charge in [0.05, 0.1) is 5.56 Å². The maximum atomic E-state index is 9.91. The largest absolute Gasteiger partial charge is 0.508 e. The molecule has 0 saturated carbocycles. The Hall–Kier alpha value is -1.83. The third kappa shape index (κ3) is 2.10. The zero-order chi connectivity index (χ0) is 13.4. The SMILES string of the molecule is Cc1cc(C)c(-c2cc(O)c(C)cc2C)[n+](C)c1. The Balaban J connectivity index is 2.73. The molecule has 2 aromatic rings. The summed E-state index contributed by atoms with van der Waals surface area (Å²) in [4.78, 5) is 0. The highest BCUT2D eigenvalue weighted by Crippen LogP contribution is 2.29. The third-order valence-electron chi connectivity index (χ3n) is 3.37. The van der Waals surface area contributed by atoms with Gasteiger partial charge < -0.3 is 5.11 Å². The smallest absolute Gasteiger partial charge is 0.215 e. The van der Waals surface area contributed by atoms with E-state index < -0.39 is 0 Å². The fraction of sp³-hybridized carbons (Fsp3) is 0.312. The second-order valence-corrected chi connectivity index (χ2v) is 5.11. The molecule has 2 heteroatoms. The van der Waals surface area contributed by atoms with E-state index in [2.05, 4.69) is 37.6 Å². The number of aromatic nitrogens is 1. The zero-order valence-electron chi connectivity index (χ0n) is 11.7. The summed E-state index contributed by atoms with van der Waals surface area (Å²) in [5.74, 6) is 0.357. The molecule has 1 aromatic carbocycles. The van der Waals surface area contributed by atoms with E-state index in [0.29, 0.717) is 5.75 Å². The van der Waals surface area contributed by atoms with Gasteiger partial charge in [-0.3, -0.25) is 0 Å². The lowest BCUT2D eigenvalue weighted by molar-refractivity contribution is -0.661. The molecule has 0 unspecified atom stereocenters. The molecule has 0 aliphatic heterocycles. The highest BCUT2D eigenvalue weighted by molar-refractivity contribution is 5.67. The normalized spacial score (nSPS) is 10.7. The van der Waals surface area contributed by atoms with Crippen LogP contribution in [0, 0.1) is 27.7 Å². The highest BCUT2D eigenvalue weighted by atomic mass is 16.3. The predicted octanol–water partition coefficient (Wildman–Crippen LogP) is 3.12. The van der Waals surface area contributed by atoms with Gasteiger partial charge >= 0.3 is 0 Å². The molecular formula is C16H20NO+. The summed E-state index contributed by atoms with van der Waals surface area (Å²) in [5.41, 5.74) is 6.83. The minimum absolute atomic E-state index is 0.357. The molecule has 2 nitrogen and oxygen atoms in total. The van der Waals surface area contributed by atoms with Crippen LogP contribution in [0.25, 0.3) is 11.3 Å². The standard InChI is InChI=1S/C16H19NO/c1-10-6-13(4)16(17(5)9-10)14-8-15(18)12(3)7-11(14)2/h6-9H,1-5H3/p+1. The van der Waals surface area contributed by atoms with Gasteiger partial charge in [0.2, 0.25) is 5.69 Å². The number of aromatic hydroxyl groups is 1. The number of hydrogen-bond acceptors (Lipinski definition) is 1. The molecule has 0 fully saturated rings. The number of hydrogen-bond donors (Lipinski definition) is 1. The molecule has 0 saturated heterocycles. The number of rotatable bonds is 1. The monoisotopic (exact) mass is 242 g/mol. The number of nitrogens with zero attached hydrogens (tertiary/aromatic N) is 1. The zero-order valence-corrected chi connectivity index (χ0v) is 11.7. The van der Waals surface area contributed by atoms with Crippen LogP contribution in [0.4, 0.5) is 0 Å². The molecular weight excluding hydrogens is 222 g/mol. The molecule has 0 amide bonds. The molecule has 2 rings (SSSR count). The second kappa shape index (κ2) is 4.45. The van der Waals surface area contributed by atoms with Crippen LogP contribution in [0.3, 0.4) is 0 Å². The average Bonchev–Trinajstić information content (AvgIpc) is 2.24. The molecule has 0 bridgehead atoms. The van der Waals surface area contributed by atoms with Crippen molar-refractivity contribution in [2.45, 2.75) is 27.7 Å². The first-order valence-corrected chi connectivity index (χ1v) is 6.17. The Morgan fingerprint density at radius 2 is 1.56 bits per heavy atom. The van der Waals surface area contributed by atoms with Crippen molar-refractivity contribution in [3.05, 3.63) is 46.6 Å². The van der Waals surface area contributed by atoms with Gasteiger partial charge in [0.25, 0.3) is 0 Å². The second-order valence-electron chi connectivity index (χ2n) is 5.11. The van der Waals surface area contributed by atoms with E-state index in [1.807, 2.05) is 26.1 Å². The van der Waals surface area contributed by atoms with Crippen molar-refractivity contribution in [3.63, 3.8) is 0 Å². The maximum absolute atomic E-state index is 9.91. The van der Waals surface area contributed by atoms with Gasteiger partial charge in [-0.05, 0) is 51.0 Å². The predicted molar refractivity (Wildman–Crippen MR) is 73.7 cm³/mol. The summed E-state index contributed by atoms with van der Waals surface area (Å²) in [6, 6.07) is 6.07. The van der Waals surface area contributed by atoms with Gasteiger partial charge in [0, 0.05) is 11.1 Å². The number of phenolic OH excluding ortho intramolecular Hbond substituents is 1. The first-order valence-electron chi connectivity index (χ1n) is 6.17. The first-order chi connectivity index (χ1) is 8.40. The van der Waals surface area contributed by atoms with Crippen molar-refractivity contribution in [1.82, 2.24) is 0 Å². The lowest BCUT2D eigenvalue weighted by Crippen LogP contribution is -2.32. The van der Waals surface area contributed by atoms with E-state index in [-0.39, 0.29) is 0 Å². The van der Waals surface area contributed by atoms with E-state index in [1.165, 1.54) is 16.7 Å². The average molecular weight is 242 g/mol. The Kier molecular flexibility index (Phi) is 3.12. The summed E-state index contributed by atoms with van der Waals surface area (Å²) in [6.07, 6.45) is 2.11. The summed E-state index contributed by atoms with van der Waals surface area (Å²) < 4.78 is 2.13. The molecule has 0 spiro atoms. The van der Waals surface area contributed by atoms with Crippen molar-refractivity contribution in [2.75, 3.05) is 0 Å². The lowest BCUT2D eigenvalue weighted by atomic mass is 9.98. The summed E-state index contributed by atoms with van der Waals surface area (Å²) in [7, 11) is 2.05. The van der Waals surface area contributed by atoms with E-state index in [4.69, 9.17) is 0 Å². The number of aryl methyl sites for hydroxylation is 5. The Morgan fingerprint density at radius 3 is 2.17 bits per heavy atom. The molecule has 94 valence electrons. The summed E-state index contributed by atoms with van der Waals surface area (Å²) in [6.45, 7) is 8.21. The van der Waals surface area contributed by atoms with Crippen LogP contribution in [-0.4, -0.2) is 5.11 Å². The van der Waals surface area contributed by atoms with Gasteiger partial charge in [-0.25, -0.2) is 4.57 Å². The van der Waals surface area contributed by atoms with E-state index in [9.17, 15) is 5.11 Å².